The third-order valence-corrected chi connectivity index (χ3v) is 4.53. The topological polar surface area (TPSA) is 61.6 Å². The molecule has 1 aromatic carbocycles. The molecule has 3 rings (SSSR count). The number of carbonyl (C=O) groups excluding carboxylic acids is 1. The summed E-state index contributed by atoms with van der Waals surface area (Å²) < 4.78 is 4.96. The molecule has 0 bridgehead atoms. The van der Waals surface area contributed by atoms with E-state index in [-0.39, 0.29) is 11.7 Å². The molecule has 1 N–H and O–H groups in total. The van der Waals surface area contributed by atoms with E-state index in [2.05, 4.69) is 51.5 Å². The Hall–Kier alpha value is -2.34. The Morgan fingerprint density at radius 1 is 1.20 bits per heavy atom. The van der Waals surface area contributed by atoms with Gasteiger partial charge in [0, 0.05) is 44.5 Å². The summed E-state index contributed by atoms with van der Waals surface area (Å²) in [5.41, 5.74) is 3.34. The second-order valence-corrected chi connectivity index (χ2v) is 6.61. The average Bonchev–Trinajstić information content (AvgIpc) is 3.06. The summed E-state index contributed by atoms with van der Waals surface area (Å²) in [5, 5.41) is 6.61. The number of rotatable bonds is 6. The minimum atomic E-state index is -0.190. The number of nitrogens with one attached hydrogen (secondary N) is 1. The predicted molar refractivity (Wildman–Crippen MR) is 98.0 cm³/mol. The number of hydrogen-bond donors (Lipinski definition) is 1. The molecule has 1 aromatic heterocycles. The number of aryl methyl sites for hydroxylation is 2. The monoisotopic (exact) mass is 342 g/mol. The number of nitrogens with zero attached hydrogens (tertiary/aromatic N) is 3. The normalized spacial score (nSPS) is 15.4. The molecule has 0 saturated carbocycles. The van der Waals surface area contributed by atoms with E-state index in [1.165, 1.54) is 11.3 Å². The van der Waals surface area contributed by atoms with Gasteiger partial charge in [0.2, 0.25) is 5.76 Å². The summed E-state index contributed by atoms with van der Waals surface area (Å²) in [7, 11) is 0. The zero-order chi connectivity index (χ0) is 17.6. The van der Waals surface area contributed by atoms with Crippen molar-refractivity contribution in [2.75, 3.05) is 44.2 Å². The first-order chi connectivity index (χ1) is 12.1. The van der Waals surface area contributed by atoms with Gasteiger partial charge in [0.15, 0.2) is 0 Å². The Morgan fingerprint density at radius 3 is 2.68 bits per heavy atom. The van der Waals surface area contributed by atoms with E-state index in [9.17, 15) is 4.79 Å². The summed E-state index contributed by atoms with van der Waals surface area (Å²) in [5.74, 6) is 0.0918. The van der Waals surface area contributed by atoms with Gasteiger partial charge in [-0.2, -0.15) is 0 Å². The van der Waals surface area contributed by atoms with E-state index in [0.717, 1.165) is 44.8 Å². The van der Waals surface area contributed by atoms with Crippen LogP contribution >= 0.6 is 0 Å². The standard InChI is InChI=1S/C19H26N4O2/c1-15-5-3-6-17(13-15)23-11-9-22(10-12-23)8-4-7-20-19(24)18-14-16(2)21-25-18/h3,5-6,13-14H,4,7-12H2,1-2H3,(H,20,24). The maximum absolute atomic E-state index is 11.9. The third-order valence-electron chi connectivity index (χ3n) is 4.53. The van der Waals surface area contributed by atoms with E-state index in [1.54, 1.807) is 13.0 Å². The van der Waals surface area contributed by atoms with Gasteiger partial charge >= 0.3 is 0 Å². The summed E-state index contributed by atoms with van der Waals surface area (Å²) in [4.78, 5) is 16.8. The van der Waals surface area contributed by atoms with E-state index in [1.807, 2.05) is 0 Å². The van der Waals surface area contributed by atoms with Crippen molar-refractivity contribution in [3.05, 3.63) is 47.3 Å². The minimum absolute atomic E-state index is 0.190. The lowest BCUT2D eigenvalue weighted by Gasteiger charge is -2.36. The number of benzene rings is 1. The van der Waals surface area contributed by atoms with Gasteiger partial charge in [-0.05, 0) is 44.5 Å². The summed E-state index contributed by atoms with van der Waals surface area (Å²) in [6.45, 7) is 9.80. The molecule has 1 aliphatic heterocycles. The van der Waals surface area contributed by atoms with E-state index >= 15 is 0 Å². The zero-order valence-corrected chi connectivity index (χ0v) is 15.0. The van der Waals surface area contributed by atoms with Crippen LogP contribution in [0.15, 0.2) is 34.9 Å². The molecule has 1 aliphatic rings. The van der Waals surface area contributed by atoms with Crippen LogP contribution in [0.4, 0.5) is 5.69 Å². The van der Waals surface area contributed by atoms with Crippen molar-refractivity contribution in [2.24, 2.45) is 0 Å². The number of anilines is 1. The molecule has 6 nitrogen and oxygen atoms in total. The van der Waals surface area contributed by atoms with Crippen LogP contribution in [0.25, 0.3) is 0 Å². The quantitative estimate of drug-likeness (QED) is 0.816. The summed E-state index contributed by atoms with van der Waals surface area (Å²) in [6.07, 6.45) is 0.934. The highest BCUT2D eigenvalue weighted by atomic mass is 16.5. The molecule has 2 heterocycles. The average molecular weight is 342 g/mol. The van der Waals surface area contributed by atoms with Crippen molar-refractivity contribution in [3.8, 4) is 0 Å². The van der Waals surface area contributed by atoms with Crippen LogP contribution in [0.2, 0.25) is 0 Å². The van der Waals surface area contributed by atoms with Crippen LogP contribution in [0.5, 0.6) is 0 Å². The smallest absolute Gasteiger partial charge is 0.289 e. The first-order valence-corrected chi connectivity index (χ1v) is 8.87. The van der Waals surface area contributed by atoms with Crippen LogP contribution in [0.3, 0.4) is 0 Å². The number of amides is 1. The largest absolute Gasteiger partial charge is 0.369 e. The van der Waals surface area contributed by atoms with Crippen molar-refractivity contribution in [1.29, 1.82) is 0 Å². The molecule has 1 fully saturated rings. The molecular weight excluding hydrogens is 316 g/mol. The van der Waals surface area contributed by atoms with E-state index < -0.39 is 0 Å². The highest BCUT2D eigenvalue weighted by Crippen LogP contribution is 2.17. The van der Waals surface area contributed by atoms with Gasteiger partial charge in [-0.25, -0.2) is 0 Å². The number of aromatic nitrogens is 1. The fourth-order valence-corrected chi connectivity index (χ4v) is 3.12. The summed E-state index contributed by atoms with van der Waals surface area (Å²) in [6, 6.07) is 10.3. The maximum atomic E-state index is 11.9. The van der Waals surface area contributed by atoms with Crippen molar-refractivity contribution < 1.29 is 9.32 Å². The Morgan fingerprint density at radius 2 is 2.00 bits per heavy atom. The molecule has 0 unspecified atom stereocenters. The maximum Gasteiger partial charge on any atom is 0.289 e. The second kappa shape index (κ2) is 8.16. The van der Waals surface area contributed by atoms with Gasteiger partial charge in [0.1, 0.15) is 0 Å². The summed E-state index contributed by atoms with van der Waals surface area (Å²) >= 11 is 0. The second-order valence-electron chi connectivity index (χ2n) is 6.61. The Labute approximate surface area is 148 Å². The molecule has 1 amide bonds. The lowest BCUT2D eigenvalue weighted by Crippen LogP contribution is -2.47. The number of carbonyl (C=O) groups is 1. The van der Waals surface area contributed by atoms with Gasteiger partial charge in [-0.3, -0.25) is 9.69 Å². The van der Waals surface area contributed by atoms with Crippen molar-refractivity contribution >= 4 is 11.6 Å². The van der Waals surface area contributed by atoms with Crippen molar-refractivity contribution in [2.45, 2.75) is 20.3 Å². The minimum Gasteiger partial charge on any atom is -0.369 e. The molecule has 6 heteroatoms. The Kier molecular flexibility index (Phi) is 5.71. The molecule has 134 valence electrons. The number of hydrogen-bond acceptors (Lipinski definition) is 5. The lowest BCUT2D eigenvalue weighted by atomic mass is 10.2. The van der Waals surface area contributed by atoms with Crippen LogP contribution in [-0.4, -0.2) is 55.2 Å². The van der Waals surface area contributed by atoms with E-state index in [4.69, 9.17) is 4.52 Å². The Balaban J connectivity index is 1.35. The van der Waals surface area contributed by atoms with Crippen LogP contribution in [0.1, 0.15) is 28.2 Å². The first-order valence-electron chi connectivity index (χ1n) is 8.87. The molecule has 25 heavy (non-hydrogen) atoms. The molecule has 0 radical (unpaired) electrons. The third kappa shape index (κ3) is 4.82. The molecule has 0 atom stereocenters. The highest BCUT2D eigenvalue weighted by molar-refractivity contribution is 5.91. The van der Waals surface area contributed by atoms with Gasteiger partial charge in [-0.1, -0.05) is 17.3 Å². The molecule has 1 saturated heterocycles. The van der Waals surface area contributed by atoms with Crippen molar-refractivity contribution in [1.82, 2.24) is 15.4 Å². The fraction of sp³-hybridized carbons (Fsp3) is 0.474. The highest BCUT2D eigenvalue weighted by Gasteiger charge is 2.17. The predicted octanol–water partition coefficient (Wildman–Crippen LogP) is 2.23. The van der Waals surface area contributed by atoms with Crippen LogP contribution in [-0.2, 0) is 0 Å². The van der Waals surface area contributed by atoms with E-state index in [0.29, 0.717) is 6.54 Å². The zero-order valence-electron chi connectivity index (χ0n) is 15.0. The molecule has 2 aromatic rings. The SMILES string of the molecule is Cc1cccc(N2CCN(CCCNC(=O)c3cc(C)no3)CC2)c1. The first kappa shape index (κ1) is 17.5. The van der Waals surface area contributed by atoms with Crippen LogP contribution in [0, 0.1) is 13.8 Å². The number of piperazine rings is 1. The van der Waals surface area contributed by atoms with Crippen molar-refractivity contribution in [3.63, 3.8) is 0 Å². The molecule has 0 spiro atoms. The molecular formula is C19H26N4O2. The fourth-order valence-electron chi connectivity index (χ4n) is 3.12. The molecule has 0 aliphatic carbocycles. The lowest BCUT2D eigenvalue weighted by molar-refractivity contribution is 0.0914. The van der Waals surface area contributed by atoms with Gasteiger partial charge < -0.3 is 14.7 Å². The van der Waals surface area contributed by atoms with Gasteiger partial charge in [-0.15, -0.1) is 0 Å². The van der Waals surface area contributed by atoms with Crippen LogP contribution < -0.4 is 10.2 Å². The van der Waals surface area contributed by atoms with Gasteiger partial charge in [0.05, 0.1) is 5.69 Å². The van der Waals surface area contributed by atoms with Gasteiger partial charge in [0.25, 0.3) is 5.91 Å². The Bertz CT molecular complexity index is 705.